The summed E-state index contributed by atoms with van der Waals surface area (Å²) in [4.78, 5) is 14.1. The molecule has 1 unspecified atom stereocenters. The predicted molar refractivity (Wildman–Crippen MR) is 94.7 cm³/mol. The van der Waals surface area contributed by atoms with Gasteiger partial charge in [0, 0.05) is 18.8 Å². The highest BCUT2D eigenvalue weighted by atomic mass is 16.6. The first kappa shape index (κ1) is 17.6. The topological polar surface area (TPSA) is 41.6 Å². The Morgan fingerprint density at radius 1 is 1.39 bits per heavy atom. The number of anilines is 1. The Morgan fingerprint density at radius 3 is 2.78 bits per heavy atom. The van der Waals surface area contributed by atoms with E-state index >= 15 is 0 Å². The zero-order valence-corrected chi connectivity index (χ0v) is 15.1. The van der Waals surface area contributed by atoms with Gasteiger partial charge in [0.1, 0.15) is 5.60 Å². The summed E-state index contributed by atoms with van der Waals surface area (Å²) in [5, 5.41) is 3.55. The molecule has 1 N–H and O–H groups in total. The van der Waals surface area contributed by atoms with Crippen molar-refractivity contribution >= 4 is 11.8 Å². The molecule has 0 saturated carbocycles. The molecule has 0 bridgehead atoms. The van der Waals surface area contributed by atoms with E-state index in [1.54, 1.807) is 0 Å². The second kappa shape index (κ2) is 7.24. The lowest BCUT2D eigenvalue weighted by molar-refractivity contribution is 0.0224. The number of fused-ring (bicyclic) bond motifs is 1. The van der Waals surface area contributed by atoms with Crippen molar-refractivity contribution < 1.29 is 9.53 Å². The quantitative estimate of drug-likeness (QED) is 0.892. The van der Waals surface area contributed by atoms with Gasteiger partial charge < -0.3 is 15.0 Å². The number of nitrogens with one attached hydrogen (secondary N) is 1. The molecular formula is C19H30N2O2. The van der Waals surface area contributed by atoms with E-state index < -0.39 is 5.60 Å². The minimum atomic E-state index is -0.453. The van der Waals surface area contributed by atoms with E-state index in [0.717, 1.165) is 31.6 Å². The average Bonchev–Trinajstić information content (AvgIpc) is 2.50. The van der Waals surface area contributed by atoms with Crippen molar-refractivity contribution in [3.63, 3.8) is 0 Å². The third-order valence-electron chi connectivity index (χ3n) is 4.26. The van der Waals surface area contributed by atoms with Gasteiger partial charge in [0.15, 0.2) is 0 Å². The lowest BCUT2D eigenvalue weighted by Gasteiger charge is -2.32. The van der Waals surface area contributed by atoms with E-state index in [1.165, 1.54) is 11.1 Å². The summed E-state index contributed by atoms with van der Waals surface area (Å²) in [5.74, 6) is 0.636. The molecule has 1 aliphatic heterocycles. The Kier molecular flexibility index (Phi) is 5.55. The highest BCUT2D eigenvalue weighted by Gasteiger charge is 2.26. The minimum Gasteiger partial charge on any atom is -0.444 e. The summed E-state index contributed by atoms with van der Waals surface area (Å²) in [5.41, 5.74) is 3.26. The summed E-state index contributed by atoms with van der Waals surface area (Å²) >= 11 is 0. The fourth-order valence-corrected chi connectivity index (χ4v) is 2.66. The molecule has 1 heterocycles. The van der Waals surface area contributed by atoms with Crippen LogP contribution in [0.5, 0.6) is 0 Å². The molecular weight excluding hydrogens is 288 g/mol. The number of nitrogens with zero attached hydrogens (tertiary/aromatic N) is 1. The molecule has 1 aliphatic rings. The molecule has 0 aliphatic carbocycles. The van der Waals surface area contributed by atoms with E-state index in [9.17, 15) is 4.79 Å². The van der Waals surface area contributed by atoms with Gasteiger partial charge in [-0.3, -0.25) is 0 Å². The van der Waals surface area contributed by atoms with E-state index in [0.29, 0.717) is 12.5 Å². The van der Waals surface area contributed by atoms with Gasteiger partial charge in [-0.25, -0.2) is 4.79 Å². The molecule has 0 fully saturated rings. The van der Waals surface area contributed by atoms with Crippen LogP contribution in [0.15, 0.2) is 18.2 Å². The normalized spacial score (nSPS) is 15.8. The number of carbonyl (C=O) groups is 1. The monoisotopic (exact) mass is 318 g/mol. The Bertz CT molecular complexity index is 549. The van der Waals surface area contributed by atoms with Crippen molar-refractivity contribution in [2.24, 2.45) is 5.92 Å². The van der Waals surface area contributed by atoms with Crippen molar-refractivity contribution in [3.05, 3.63) is 29.3 Å². The Labute approximate surface area is 140 Å². The molecule has 0 radical (unpaired) electrons. The maximum atomic E-state index is 12.3. The number of hydrogen-bond acceptors (Lipinski definition) is 3. The standard InChI is InChI=1S/C19H30N2O2/c1-6-14(2)12-20-17-9-7-8-15-10-11-21(13-16(15)17)18(22)23-19(3,4)5/h7-9,14,20H,6,10-13H2,1-5H3. The molecule has 0 aromatic heterocycles. The van der Waals surface area contributed by atoms with Gasteiger partial charge in [0.25, 0.3) is 0 Å². The van der Waals surface area contributed by atoms with E-state index in [4.69, 9.17) is 4.74 Å². The van der Waals surface area contributed by atoms with Crippen molar-refractivity contribution in [2.45, 2.75) is 59.6 Å². The Balaban J connectivity index is 2.10. The summed E-state index contributed by atoms with van der Waals surface area (Å²) in [6, 6.07) is 6.37. The number of rotatable bonds is 4. The number of amides is 1. The first-order chi connectivity index (χ1) is 10.8. The maximum absolute atomic E-state index is 12.3. The SMILES string of the molecule is CCC(C)CNc1cccc2c1CN(C(=O)OC(C)(C)C)CC2. The first-order valence-electron chi connectivity index (χ1n) is 8.62. The van der Waals surface area contributed by atoms with Crippen LogP contribution < -0.4 is 5.32 Å². The first-order valence-corrected chi connectivity index (χ1v) is 8.62. The van der Waals surface area contributed by atoms with E-state index in [1.807, 2.05) is 25.7 Å². The lowest BCUT2D eigenvalue weighted by atomic mass is 9.97. The van der Waals surface area contributed by atoms with Crippen LogP contribution in [0, 0.1) is 5.92 Å². The van der Waals surface area contributed by atoms with Gasteiger partial charge in [-0.05, 0) is 50.3 Å². The van der Waals surface area contributed by atoms with Crippen LogP contribution in [0.2, 0.25) is 0 Å². The van der Waals surface area contributed by atoms with Crippen molar-refractivity contribution in [1.29, 1.82) is 0 Å². The minimum absolute atomic E-state index is 0.222. The summed E-state index contributed by atoms with van der Waals surface area (Å²) in [7, 11) is 0. The van der Waals surface area contributed by atoms with E-state index in [2.05, 4.69) is 37.4 Å². The van der Waals surface area contributed by atoms with Gasteiger partial charge in [-0.2, -0.15) is 0 Å². The molecule has 1 aromatic rings. The molecule has 1 atom stereocenters. The molecule has 2 rings (SSSR count). The van der Waals surface area contributed by atoms with Gasteiger partial charge >= 0.3 is 6.09 Å². The van der Waals surface area contributed by atoms with Gasteiger partial charge in [0.2, 0.25) is 0 Å². The van der Waals surface area contributed by atoms with Gasteiger partial charge in [0.05, 0.1) is 6.54 Å². The molecule has 1 aromatic carbocycles. The van der Waals surface area contributed by atoms with Crippen LogP contribution in [0.1, 0.15) is 52.2 Å². The second-order valence-corrected chi connectivity index (χ2v) is 7.49. The second-order valence-electron chi connectivity index (χ2n) is 7.49. The molecule has 0 spiro atoms. The van der Waals surface area contributed by atoms with Crippen molar-refractivity contribution in [3.8, 4) is 0 Å². The van der Waals surface area contributed by atoms with Gasteiger partial charge in [-0.15, -0.1) is 0 Å². The molecule has 1 amide bonds. The Morgan fingerprint density at radius 2 is 2.13 bits per heavy atom. The zero-order valence-electron chi connectivity index (χ0n) is 15.1. The predicted octanol–water partition coefficient (Wildman–Crippen LogP) is 4.44. The van der Waals surface area contributed by atoms with Crippen LogP contribution >= 0.6 is 0 Å². The third-order valence-corrected chi connectivity index (χ3v) is 4.26. The van der Waals surface area contributed by atoms with E-state index in [-0.39, 0.29) is 6.09 Å². The van der Waals surface area contributed by atoms with Crippen LogP contribution in [0.4, 0.5) is 10.5 Å². The van der Waals surface area contributed by atoms with Gasteiger partial charge in [-0.1, -0.05) is 32.4 Å². The third kappa shape index (κ3) is 4.88. The number of hydrogen-bond donors (Lipinski definition) is 1. The molecule has 128 valence electrons. The van der Waals surface area contributed by atoms with Crippen molar-refractivity contribution in [2.75, 3.05) is 18.4 Å². The van der Waals surface area contributed by atoms with Crippen LogP contribution in [-0.2, 0) is 17.7 Å². The van der Waals surface area contributed by atoms with Crippen LogP contribution in [-0.4, -0.2) is 29.7 Å². The summed E-state index contributed by atoms with van der Waals surface area (Å²) in [6.45, 7) is 12.5. The number of carbonyl (C=O) groups excluding carboxylic acids is 1. The lowest BCUT2D eigenvalue weighted by Crippen LogP contribution is -2.40. The number of ether oxygens (including phenoxy) is 1. The average molecular weight is 318 g/mol. The van der Waals surface area contributed by atoms with Crippen molar-refractivity contribution in [1.82, 2.24) is 4.90 Å². The van der Waals surface area contributed by atoms with Crippen LogP contribution in [0.25, 0.3) is 0 Å². The molecule has 4 nitrogen and oxygen atoms in total. The number of benzene rings is 1. The maximum Gasteiger partial charge on any atom is 0.410 e. The fourth-order valence-electron chi connectivity index (χ4n) is 2.66. The molecule has 4 heteroatoms. The highest BCUT2D eigenvalue weighted by molar-refractivity contribution is 5.69. The Hall–Kier alpha value is -1.71. The summed E-state index contributed by atoms with van der Waals surface area (Å²) < 4.78 is 5.51. The highest BCUT2D eigenvalue weighted by Crippen LogP contribution is 2.27. The zero-order chi connectivity index (χ0) is 17.0. The smallest absolute Gasteiger partial charge is 0.410 e. The van der Waals surface area contributed by atoms with Crippen LogP contribution in [0.3, 0.4) is 0 Å². The fraction of sp³-hybridized carbons (Fsp3) is 0.632. The summed E-state index contributed by atoms with van der Waals surface area (Å²) in [6.07, 6.45) is 1.82. The molecule has 23 heavy (non-hydrogen) atoms. The molecule has 0 saturated heterocycles. The largest absolute Gasteiger partial charge is 0.444 e.